The molecule has 0 bridgehead atoms. The molecular formula is C34H37N9O5S2. The van der Waals surface area contributed by atoms with E-state index in [9.17, 15) is 21.6 Å². The summed E-state index contributed by atoms with van der Waals surface area (Å²) in [6.07, 6.45) is 12.5. The zero-order valence-corrected chi connectivity index (χ0v) is 29.1. The standard InChI is InChI=1S/C20H23N5O3S.C14H14N4O2S/c1-14-5-7-15(8-6-14)29(27,28)17-10-9-16-19(17)21-13-18(22-16)23-24-20(26)25-11-3-2-4-12-25;1-9-2-4-10(5-3-9)21(19,20)12-7-6-11-14(12)16-8-13(17-11)18-15/h5-10,13,17H,2-4,11-12H2,1H3,(H,22,23)(H,24,26);2-8,12H,15H2,1H3,(H,17,18). The summed E-state index contributed by atoms with van der Waals surface area (Å²) < 4.78 is 51.4. The fourth-order valence-electron chi connectivity index (χ4n) is 5.72. The number of sulfone groups is 2. The summed E-state index contributed by atoms with van der Waals surface area (Å²) in [5, 5.41) is -1.68. The Kier molecular flexibility index (Phi) is 9.95. The highest BCUT2D eigenvalue weighted by atomic mass is 32.2. The molecule has 3 aliphatic rings. The molecular weight excluding hydrogens is 679 g/mol. The molecule has 1 saturated heterocycles. The molecule has 2 unspecified atom stereocenters. The van der Waals surface area contributed by atoms with Crippen molar-refractivity contribution in [2.75, 3.05) is 23.9 Å². The number of nitrogens with one attached hydrogen (secondary N) is 3. The number of hydrazine groups is 2. The van der Waals surface area contributed by atoms with E-state index in [0.717, 1.165) is 43.5 Å². The summed E-state index contributed by atoms with van der Waals surface area (Å²) >= 11 is 0. The Hall–Kier alpha value is -5.19. The van der Waals surface area contributed by atoms with E-state index in [1.54, 1.807) is 77.7 Å². The minimum atomic E-state index is -3.61. The van der Waals surface area contributed by atoms with Crippen molar-refractivity contribution in [1.82, 2.24) is 30.3 Å². The van der Waals surface area contributed by atoms with Crippen LogP contribution in [-0.2, 0) is 19.7 Å². The van der Waals surface area contributed by atoms with Crippen LogP contribution >= 0.6 is 0 Å². The quantitative estimate of drug-likeness (QED) is 0.155. The van der Waals surface area contributed by atoms with Crippen LogP contribution < -0.4 is 22.1 Å². The topological polar surface area (TPSA) is 202 Å². The highest BCUT2D eigenvalue weighted by molar-refractivity contribution is 7.92. The smallest absolute Gasteiger partial charge is 0.323 e. The summed E-state index contributed by atoms with van der Waals surface area (Å²) in [7, 11) is -7.14. The number of aromatic nitrogens is 4. The lowest BCUT2D eigenvalue weighted by molar-refractivity contribution is 0.188. The predicted octanol–water partition coefficient (Wildman–Crippen LogP) is 4.46. The number of likely N-dealkylation sites (tertiary alicyclic amines) is 1. The molecule has 50 heavy (non-hydrogen) atoms. The van der Waals surface area contributed by atoms with Crippen LogP contribution in [0, 0.1) is 13.8 Å². The molecule has 4 aromatic rings. The number of amides is 2. The number of anilines is 2. The Balaban J connectivity index is 0.000000182. The number of urea groups is 1. The number of nitrogens with two attached hydrogens (primary N) is 1. The van der Waals surface area contributed by atoms with Crippen LogP contribution in [0.5, 0.6) is 0 Å². The molecule has 5 N–H and O–H groups in total. The van der Waals surface area contributed by atoms with Gasteiger partial charge in [0.1, 0.15) is 10.5 Å². The number of fused-ring (bicyclic) bond motifs is 2. The van der Waals surface area contributed by atoms with Crippen LogP contribution in [0.3, 0.4) is 0 Å². The normalized spacial score (nSPS) is 17.7. The first kappa shape index (κ1) is 34.7. The van der Waals surface area contributed by atoms with Crippen molar-refractivity contribution in [2.45, 2.75) is 53.4 Å². The number of piperidine rings is 1. The third-order valence-corrected chi connectivity index (χ3v) is 12.5. The lowest BCUT2D eigenvalue weighted by atomic mass is 10.1. The van der Waals surface area contributed by atoms with Gasteiger partial charge in [-0.25, -0.2) is 37.4 Å². The third-order valence-electron chi connectivity index (χ3n) is 8.51. The first-order valence-electron chi connectivity index (χ1n) is 16.0. The Labute approximate surface area is 290 Å². The molecule has 2 amide bonds. The van der Waals surface area contributed by atoms with E-state index >= 15 is 0 Å². The Morgan fingerprint density at radius 1 is 0.720 bits per heavy atom. The number of hydrogen-bond acceptors (Lipinski definition) is 12. The summed E-state index contributed by atoms with van der Waals surface area (Å²) in [6, 6.07) is 13.3. The minimum Gasteiger partial charge on any atom is -0.323 e. The van der Waals surface area contributed by atoms with Crippen LogP contribution in [0.15, 0.2) is 82.9 Å². The molecule has 1 aliphatic heterocycles. The molecule has 1 fully saturated rings. The summed E-state index contributed by atoms with van der Waals surface area (Å²) in [4.78, 5) is 31.5. The third kappa shape index (κ3) is 7.22. The summed E-state index contributed by atoms with van der Waals surface area (Å²) in [5.41, 5.74) is 11.6. The van der Waals surface area contributed by atoms with Crippen LogP contribution in [-0.4, -0.2) is 60.8 Å². The highest BCUT2D eigenvalue weighted by Gasteiger charge is 2.35. The van der Waals surface area contributed by atoms with Crippen molar-refractivity contribution in [2.24, 2.45) is 5.84 Å². The number of benzene rings is 2. The van der Waals surface area contributed by atoms with E-state index in [1.807, 2.05) is 13.8 Å². The first-order valence-corrected chi connectivity index (χ1v) is 19.1. The van der Waals surface area contributed by atoms with E-state index in [-0.39, 0.29) is 15.8 Å². The molecule has 0 saturated carbocycles. The molecule has 14 nitrogen and oxygen atoms in total. The van der Waals surface area contributed by atoms with Crippen molar-refractivity contribution >= 4 is 49.5 Å². The van der Waals surface area contributed by atoms with Crippen LogP contribution in [0.25, 0.3) is 12.2 Å². The number of hydrogen-bond donors (Lipinski definition) is 4. The SMILES string of the molecule is Cc1ccc(S(=O)(=O)C2C=Cc3nc(NN)cnc32)cc1.Cc1ccc(S(=O)(=O)C2C=Cc3nc(NNC(=O)N4CCCCC4)cnc32)cc1. The summed E-state index contributed by atoms with van der Waals surface area (Å²) in [6.45, 7) is 5.30. The Morgan fingerprint density at radius 3 is 1.66 bits per heavy atom. The van der Waals surface area contributed by atoms with E-state index in [4.69, 9.17) is 5.84 Å². The molecule has 7 rings (SSSR count). The second kappa shape index (κ2) is 14.3. The second-order valence-electron chi connectivity index (χ2n) is 12.1. The molecule has 2 aromatic carbocycles. The molecule has 2 atom stereocenters. The molecule has 0 radical (unpaired) electrons. The molecule has 2 aromatic heterocycles. The zero-order valence-electron chi connectivity index (χ0n) is 27.4. The first-order chi connectivity index (χ1) is 24.0. The average Bonchev–Trinajstić information content (AvgIpc) is 3.76. The molecule has 16 heteroatoms. The van der Waals surface area contributed by atoms with E-state index < -0.39 is 30.2 Å². The lowest BCUT2D eigenvalue weighted by Gasteiger charge is -2.26. The van der Waals surface area contributed by atoms with Gasteiger partial charge in [0.2, 0.25) is 0 Å². The van der Waals surface area contributed by atoms with Crippen molar-refractivity contribution in [3.63, 3.8) is 0 Å². The predicted molar refractivity (Wildman–Crippen MR) is 190 cm³/mol. The van der Waals surface area contributed by atoms with Gasteiger partial charge in [-0.3, -0.25) is 20.8 Å². The van der Waals surface area contributed by atoms with Gasteiger partial charge in [0, 0.05) is 13.1 Å². The second-order valence-corrected chi connectivity index (χ2v) is 16.2. The molecule has 2 aliphatic carbocycles. The molecule has 260 valence electrons. The maximum atomic E-state index is 13.0. The number of carbonyl (C=O) groups is 1. The van der Waals surface area contributed by atoms with Gasteiger partial charge < -0.3 is 10.3 Å². The number of aryl methyl sites for hydroxylation is 2. The molecule has 0 spiro atoms. The van der Waals surface area contributed by atoms with Crippen molar-refractivity contribution in [3.8, 4) is 0 Å². The summed E-state index contributed by atoms with van der Waals surface area (Å²) in [5.74, 6) is 6.02. The minimum absolute atomic E-state index is 0.206. The number of rotatable bonds is 7. The van der Waals surface area contributed by atoms with Crippen LogP contribution in [0.1, 0.15) is 63.7 Å². The van der Waals surface area contributed by atoms with Gasteiger partial charge in [0.15, 0.2) is 31.3 Å². The van der Waals surface area contributed by atoms with E-state index in [2.05, 4.69) is 36.2 Å². The number of carbonyl (C=O) groups excluding carboxylic acids is 1. The highest BCUT2D eigenvalue weighted by Crippen LogP contribution is 2.37. The fraction of sp³-hybridized carbons (Fsp3) is 0.265. The van der Waals surface area contributed by atoms with Gasteiger partial charge in [0.05, 0.1) is 45.0 Å². The van der Waals surface area contributed by atoms with Crippen molar-refractivity contribution in [3.05, 3.63) is 107 Å². The maximum absolute atomic E-state index is 13.0. The molecule has 3 heterocycles. The lowest BCUT2D eigenvalue weighted by Crippen LogP contribution is -2.45. The zero-order chi connectivity index (χ0) is 35.5. The van der Waals surface area contributed by atoms with Gasteiger partial charge in [-0.2, -0.15) is 0 Å². The van der Waals surface area contributed by atoms with Crippen molar-refractivity contribution < 1.29 is 21.6 Å². The number of nitrogen functional groups attached to an aromatic ring is 1. The van der Waals surface area contributed by atoms with Gasteiger partial charge in [-0.15, -0.1) is 0 Å². The van der Waals surface area contributed by atoms with E-state index in [0.29, 0.717) is 34.4 Å². The fourth-order valence-corrected chi connectivity index (χ4v) is 8.86. The number of nitrogens with zero attached hydrogens (tertiary/aromatic N) is 5. The Morgan fingerprint density at radius 2 is 1.18 bits per heavy atom. The largest absolute Gasteiger partial charge is 0.336 e. The van der Waals surface area contributed by atoms with E-state index in [1.165, 1.54) is 12.4 Å². The monoisotopic (exact) mass is 715 g/mol. The van der Waals surface area contributed by atoms with Gasteiger partial charge in [0.25, 0.3) is 0 Å². The Bertz CT molecular complexity index is 2170. The van der Waals surface area contributed by atoms with Crippen LogP contribution in [0.2, 0.25) is 0 Å². The average molecular weight is 716 g/mol. The van der Waals surface area contributed by atoms with Gasteiger partial charge >= 0.3 is 6.03 Å². The van der Waals surface area contributed by atoms with Crippen molar-refractivity contribution in [1.29, 1.82) is 0 Å². The van der Waals surface area contributed by atoms with Gasteiger partial charge in [-0.05, 0) is 69.5 Å². The van der Waals surface area contributed by atoms with Gasteiger partial charge in [-0.1, -0.05) is 47.5 Å². The maximum Gasteiger partial charge on any atom is 0.336 e. The van der Waals surface area contributed by atoms with Crippen LogP contribution in [0.4, 0.5) is 16.4 Å².